The Morgan fingerprint density at radius 2 is 1.58 bits per heavy atom. The van der Waals surface area contributed by atoms with Crippen LogP contribution in [0.5, 0.6) is 11.5 Å². The van der Waals surface area contributed by atoms with Crippen LogP contribution in [0.4, 0.5) is 21.9 Å². The summed E-state index contributed by atoms with van der Waals surface area (Å²) in [5.41, 5.74) is 8.23. The average Bonchev–Trinajstić information content (AvgIpc) is 3.03. The van der Waals surface area contributed by atoms with Gasteiger partial charge in [0.15, 0.2) is 12.2 Å². The van der Waals surface area contributed by atoms with E-state index in [-0.39, 0.29) is 13.2 Å². The molecule has 0 spiro atoms. The van der Waals surface area contributed by atoms with E-state index in [1.807, 2.05) is 12.1 Å². The molecule has 0 aliphatic heterocycles. The van der Waals surface area contributed by atoms with Gasteiger partial charge in [0.25, 0.3) is 0 Å². The number of nitriles is 1. The van der Waals surface area contributed by atoms with Crippen molar-refractivity contribution in [3.8, 4) is 17.6 Å². The summed E-state index contributed by atoms with van der Waals surface area (Å²) in [5.74, 6) is 0.524. The molecule has 2 amide bonds. The molecule has 0 aromatic heterocycles. The molecule has 4 aromatic rings. The Morgan fingerprint density at radius 1 is 0.884 bits per heavy atom. The second-order valence-corrected chi connectivity index (χ2v) is 9.11. The first-order valence-electron chi connectivity index (χ1n) is 13.3. The highest BCUT2D eigenvalue weighted by atomic mass is 16.6. The summed E-state index contributed by atoms with van der Waals surface area (Å²) in [5, 5.41) is 23.5. The fourth-order valence-corrected chi connectivity index (χ4v) is 3.96. The number of ether oxygens (including phenoxy) is 3. The Bertz CT molecular complexity index is 1570. The van der Waals surface area contributed by atoms with Gasteiger partial charge < -0.3 is 30.4 Å². The first kappa shape index (κ1) is 30.2. The number of anilines is 3. The molecule has 0 heterocycles. The lowest BCUT2D eigenvalue weighted by Gasteiger charge is -2.26. The molecule has 0 saturated heterocycles. The van der Waals surface area contributed by atoms with Gasteiger partial charge in [0.2, 0.25) is 5.91 Å². The first-order chi connectivity index (χ1) is 20.9. The molecule has 4 aromatic carbocycles. The Labute approximate surface area is 248 Å². The third kappa shape index (κ3) is 9.11. The number of nitrogens with one attached hydrogen (secondary N) is 2. The third-order valence-electron chi connectivity index (χ3n) is 6.03. The van der Waals surface area contributed by atoms with Crippen LogP contribution in [0.3, 0.4) is 0 Å². The molecular formula is C33H30N4O6. The Hall–Kier alpha value is -5.79. The van der Waals surface area contributed by atoms with E-state index in [1.165, 1.54) is 12.2 Å². The Morgan fingerprint density at radius 3 is 2.26 bits per heavy atom. The molecule has 0 radical (unpaired) electrons. The van der Waals surface area contributed by atoms with Crippen molar-refractivity contribution in [2.45, 2.75) is 12.2 Å². The molecule has 10 heteroatoms. The van der Waals surface area contributed by atoms with Crippen molar-refractivity contribution in [3.63, 3.8) is 0 Å². The molecule has 0 saturated carbocycles. The Balaban J connectivity index is 1.64. The van der Waals surface area contributed by atoms with E-state index in [1.54, 1.807) is 97.1 Å². The summed E-state index contributed by atoms with van der Waals surface area (Å²) in [6.07, 6.45) is 0.00529. The second kappa shape index (κ2) is 15.3. The summed E-state index contributed by atoms with van der Waals surface area (Å²) < 4.78 is 17.6. The molecule has 4 rings (SSSR count). The standard InChI is InChI=1S/C33H30N4O6/c34-22-23-10-14-25(15-11-23)36-33(40)43-32(24-12-16-26(17-13-24)41-21-20-38)30(42-27-6-2-1-3-7-27)18-19-31(39)37-29-9-5-4-8-28(29)35/h1-19,30,32,38H,20-21,35H2,(H,36,40)(H,37,39)/b19-18+/t30-,32-/m0/s1. The van der Waals surface area contributed by atoms with E-state index in [0.29, 0.717) is 39.7 Å². The van der Waals surface area contributed by atoms with Gasteiger partial charge in [0.05, 0.1) is 29.6 Å². The number of para-hydroxylation sites is 3. The highest BCUT2D eigenvalue weighted by Gasteiger charge is 2.28. The van der Waals surface area contributed by atoms with Crippen LogP contribution in [0.1, 0.15) is 17.2 Å². The van der Waals surface area contributed by atoms with Gasteiger partial charge in [0.1, 0.15) is 18.1 Å². The van der Waals surface area contributed by atoms with Crippen LogP contribution in [-0.4, -0.2) is 36.4 Å². The van der Waals surface area contributed by atoms with Crippen LogP contribution in [0.15, 0.2) is 115 Å². The highest BCUT2D eigenvalue weighted by molar-refractivity contribution is 6.01. The number of aliphatic hydroxyl groups excluding tert-OH is 1. The van der Waals surface area contributed by atoms with E-state index in [2.05, 4.69) is 10.6 Å². The maximum atomic E-state index is 13.1. The number of amides is 2. The zero-order valence-electron chi connectivity index (χ0n) is 23.1. The lowest BCUT2D eigenvalue weighted by molar-refractivity contribution is -0.112. The van der Waals surface area contributed by atoms with Crippen LogP contribution < -0.4 is 25.8 Å². The molecule has 10 nitrogen and oxygen atoms in total. The van der Waals surface area contributed by atoms with Crippen molar-refractivity contribution in [2.24, 2.45) is 0 Å². The third-order valence-corrected chi connectivity index (χ3v) is 6.03. The minimum atomic E-state index is -1.03. The van der Waals surface area contributed by atoms with Gasteiger partial charge in [-0.2, -0.15) is 5.26 Å². The van der Waals surface area contributed by atoms with Crippen molar-refractivity contribution in [1.29, 1.82) is 5.26 Å². The number of nitrogens with zero attached hydrogens (tertiary/aromatic N) is 1. The van der Waals surface area contributed by atoms with Crippen molar-refractivity contribution in [3.05, 3.63) is 126 Å². The van der Waals surface area contributed by atoms with Gasteiger partial charge in [-0.3, -0.25) is 10.1 Å². The van der Waals surface area contributed by atoms with Crippen molar-refractivity contribution in [2.75, 3.05) is 29.6 Å². The number of nitrogens with two attached hydrogens (primary N) is 1. The van der Waals surface area contributed by atoms with Crippen LogP contribution in [0.2, 0.25) is 0 Å². The quantitative estimate of drug-likeness (QED) is 0.128. The van der Waals surface area contributed by atoms with Crippen molar-refractivity contribution in [1.82, 2.24) is 0 Å². The summed E-state index contributed by atoms with van der Waals surface area (Å²) in [7, 11) is 0. The van der Waals surface area contributed by atoms with Crippen molar-refractivity contribution >= 4 is 29.1 Å². The Kier molecular flexibility index (Phi) is 10.7. The van der Waals surface area contributed by atoms with Crippen molar-refractivity contribution < 1.29 is 28.9 Å². The van der Waals surface area contributed by atoms with Gasteiger partial charge >= 0.3 is 6.09 Å². The number of carbonyl (C=O) groups is 2. The SMILES string of the molecule is N#Cc1ccc(NC(=O)O[C@@H](c2ccc(OCCO)cc2)[C@H](/C=C/C(=O)Nc2ccccc2N)Oc2ccccc2)cc1. The topological polar surface area (TPSA) is 156 Å². The number of rotatable bonds is 12. The number of nitrogen functional groups attached to an aromatic ring is 1. The lowest BCUT2D eigenvalue weighted by Crippen LogP contribution is -2.30. The van der Waals surface area contributed by atoms with Gasteiger partial charge in [-0.1, -0.05) is 42.5 Å². The van der Waals surface area contributed by atoms with Gasteiger partial charge in [-0.05, 0) is 72.3 Å². The van der Waals surface area contributed by atoms with E-state index in [4.69, 9.17) is 30.3 Å². The number of carbonyl (C=O) groups excluding carboxylic acids is 2. The van der Waals surface area contributed by atoms with Crippen LogP contribution in [0, 0.1) is 11.3 Å². The largest absolute Gasteiger partial charge is 0.491 e. The average molecular weight is 579 g/mol. The molecule has 0 aliphatic rings. The van der Waals surface area contributed by atoms with Gasteiger partial charge in [0, 0.05) is 11.8 Å². The summed E-state index contributed by atoms with van der Waals surface area (Å²) in [6, 6.07) is 30.8. The monoisotopic (exact) mass is 578 g/mol. The molecule has 0 bridgehead atoms. The minimum Gasteiger partial charge on any atom is -0.491 e. The predicted molar refractivity (Wildman–Crippen MR) is 163 cm³/mol. The lowest BCUT2D eigenvalue weighted by atomic mass is 10.0. The number of aliphatic hydroxyl groups is 1. The highest BCUT2D eigenvalue weighted by Crippen LogP contribution is 2.29. The second-order valence-electron chi connectivity index (χ2n) is 9.11. The molecule has 43 heavy (non-hydrogen) atoms. The fourth-order valence-electron chi connectivity index (χ4n) is 3.96. The zero-order valence-corrected chi connectivity index (χ0v) is 23.1. The van der Waals surface area contributed by atoms with E-state index < -0.39 is 24.2 Å². The molecule has 0 fully saturated rings. The molecule has 0 aliphatic carbocycles. The summed E-state index contributed by atoms with van der Waals surface area (Å²) >= 11 is 0. The fraction of sp³-hybridized carbons (Fsp3) is 0.121. The summed E-state index contributed by atoms with van der Waals surface area (Å²) in [4.78, 5) is 26.0. The number of hydrogen-bond acceptors (Lipinski definition) is 8. The van der Waals surface area contributed by atoms with Gasteiger partial charge in [-0.25, -0.2) is 4.79 Å². The smallest absolute Gasteiger partial charge is 0.412 e. The maximum absolute atomic E-state index is 13.1. The maximum Gasteiger partial charge on any atom is 0.412 e. The van der Waals surface area contributed by atoms with Crippen LogP contribution in [0.25, 0.3) is 0 Å². The number of benzene rings is 4. The number of hydrogen-bond donors (Lipinski definition) is 4. The zero-order chi connectivity index (χ0) is 30.4. The molecular weight excluding hydrogens is 548 g/mol. The van der Waals surface area contributed by atoms with Crippen LogP contribution >= 0.6 is 0 Å². The molecule has 2 atom stereocenters. The van der Waals surface area contributed by atoms with E-state index >= 15 is 0 Å². The van der Waals surface area contributed by atoms with E-state index in [0.717, 1.165) is 0 Å². The molecule has 0 unspecified atom stereocenters. The predicted octanol–water partition coefficient (Wildman–Crippen LogP) is 5.44. The minimum absolute atomic E-state index is 0.121. The molecule has 5 N–H and O–H groups in total. The van der Waals surface area contributed by atoms with Crippen LogP contribution in [-0.2, 0) is 9.53 Å². The van der Waals surface area contributed by atoms with E-state index in [9.17, 15) is 9.59 Å². The summed E-state index contributed by atoms with van der Waals surface area (Å²) in [6.45, 7) is -0.0206. The normalized spacial score (nSPS) is 12.0. The first-order valence-corrected chi connectivity index (χ1v) is 13.3. The van der Waals surface area contributed by atoms with Gasteiger partial charge in [-0.15, -0.1) is 0 Å². The molecule has 218 valence electrons.